The summed E-state index contributed by atoms with van der Waals surface area (Å²) in [5.41, 5.74) is 0.593. The Morgan fingerprint density at radius 3 is 3.00 bits per heavy atom. The van der Waals surface area contributed by atoms with Crippen LogP contribution in [-0.4, -0.2) is 23.0 Å². The summed E-state index contributed by atoms with van der Waals surface area (Å²) < 4.78 is 18.3. The lowest BCUT2D eigenvalue weighted by Crippen LogP contribution is -2.25. The summed E-state index contributed by atoms with van der Waals surface area (Å²) in [6, 6.07) is 4.46. The predicted molar refractivity (Wildman–Crippen MR) is 67.1 cm³/mol. The van der Waals surface area contributed by atoms with Gasteiger partial charge in [0.1, 0.15) is 5.82 Å². The summed E-state index contributed by atoms with van der Waals surface area (Å²) in [6.07, 6.45) is 3.41. The van der Waals surface area contributed by atoms with Gasteiger partial charge in [0, 0.05) is 12.4 Å². The lowest BCUT2D eigenvalue weighted by molar-refractivity contribution is -0.120. The second-order valence-corrected chi connectivity index (χ2v) is 3.96. The van der Waals surface area contributed by atoms with Crippen LogP contribution in [0.1, 0.15) is 11.4 Å². The molecule has 0 bridgehead atoms. The number of nitrogens with zero attached hydrogens (tertiary/aromatic N) is 1. The van der Waals surface area contributed by atoms with Gasteiger partial charge < -0.3 is 15.0 Å². The highest BCUT2D eigenvalue weighted by molar-refractivity contribution is 5.78. The monoisotopic (exact) mass is 263 g/mol. The first-order chi connectivity index (χ1) is 9.19. The van der Waals surface area contributed by atoms with E-state index in [4.69, 9.17) is 4.74 Å². The van der Waals surface area contributed by atoms with Gasteiger partial charge in [-0.15, -0.1) is 0 Å². The van der Waals surface area contributed by atoms with Crippen molar-refractivity contribution in [2.45, 2.75) is 13.0 Å². The lowest BCUT2D eigenvalue weighted by atomic mass is 10.1. The number of aromatic nitrogens is 2. The maximum Gasteiger partial charge on any atom is 0.224 e. The van der Waals surface area contributed by atoms with Crippen molar-refractivity contribution >= 4 is 5.91 Å². The molecule has 0 atom stereocenters. The lowest BCUT2D eigenvalue weighted by Gasteiger charge is -2.06. The number of aromatic amines is 1. The molecule has 0 spiro atoms. The molecule has 0 aliphatic rings. The number of hydrogen-bond donors (Lipinski definition) is 2. The Bertz CT molecular complexity index is 555. The van der Waals surface area contributed by atoms with E-state index in [2.05, 4.69) is 15.3 Å². The van der Waals surface area contributed by atoms with Crippen LogP contribution < -0.4 is 10.1 Å². The second kappa shape index (κ2) is 5.99. The van der Waals surface area contributed by atoms with E-state index in [1.165, 1.54) is 19.2 Å². The second-order valence-electron chi connectivity index (χ2n) is 3.96. The zero-order valence-electron chi connectivity index (χ0n) is 10.4. The summed E-state index contributed by atoms with van der Waals surface area (Å²) in [7, 11) is 1.40. The van der Waals surface area contributed by atoms with Crippen molar-refractivity contribution in [3.05, 3.63) is 47.8 Å². The van der Waals surface area contributed by atoms with Crippen LogP contribution in [0.5, 0.6) is 5.75 Å². The van der Waals surface area contributed by atoms with Gasteiger partial charge in [-0.2, -0.15) is 0 Å². The average Bonchev–Trinajstić information content (AvgIpc) is 2.90. The molecule has 2 N–H and O–H groups in total. The zero-order chi connectivity index (χ0) is 13.7. The Labute approximate surface area is 109 Å². The van der Waals surface area contributed by atoms with Gasteiger partial charge in [0.25, 0.3) is 0 Å². The molecule has 0 fully saturated rings. The zero-order valence-corrected chi connectivity index (χ0v) is 10.4. The van der Waals surface area contributed by atoms with Gasteiger partial charge in [-0.3, -0.25) is 4.79 Å². The molecule has 1 aromatic heterocycles. The Morgan fingerprint density at radius 1 is 1.53 bits per heavy atom. The summed E-state index contributed by atoms with van der Waals surface area (Å²) in [5.74, 6) is 0.175. The molecular weight excluding hydrogens is 249 g/mol. The molecule has 0 saturated carbocycles. The van der Waals surface area contributed by atoms with E-state index in [-0.39, 0.29) is 18.1 Å². The number of benzene rings is 1. The van der Waals surface area contributed by atoms with Gasteiger partial charge in [0.2, 0.25) is 5.91 Å². The number of rotatable bonds is 5. The van der Waals surface area contributed by atoms with Crippen molar-refractivity contribution in [3.8, 4) is 5.75 Å². The number of nitrogens with one attached hydrogen (secondary N) is 2. The number of H-pyrrole nitrogens is 1. The molecule has 6 heteroatoms. The number of carbonyl (C=O) groups excluding carboxylic acids is 1. The molecule has 0 aliphatic carbocycles. The summed E-state index contributed by atoms with van der Waals surface area (Å²) in [5, 5.41) is 2.70. The first kappa shape index (κ1) is 13.1. The summed E-state index contributed by atoms with van der Waals surface area (Å²) in [4.78, 5) is 18.5. The third kappa shape index (κ3) is 3.54. The Morgan fingerprint density at radius 2 is 2.37 bits per heavy atom. The highest BCUT2D eigenvalue weighted by atomic mass is 19.1. The van der Waals surface area contributed by atoms with Crippen LogP contribution in [0, 0.1) is 5.82 Å². The Hall–Kier alpha value is -2.37. The highest BCUT2D eigenvalue weighted by Gasteiger charge is 2.08. The van der Waals surface area contributed by atoms with E-state index in [1.54, 1.807) is 18.5 Å². The van der Waals surface area contributed by atoms with Crippen LogP contribution >= 0.6 is 0 Å². The van der Waals surface area contributed by atoms with Gasteiger partial charge in [-0.05, 0) is 17.7 Å². The van der Waals surface area contributed by atoms with E-state index < -0.39 is 5.82 Å². The highest BCUT2D eigenvalue weighted by Crippen LogP contribution is 2.17. The van der Waals surface area contributed by atoms with E-state index in [0.717, 1.165) is 0 Å². The number of halogens is 1. The fraction of sp³-hybridized carbons (Fsp3) is 0.231. The topological polar surface area (TPSA) is 67.0 Å². The molecule has 0 saturated heterocycles. The van der Waals surface area contributed by atoms with Gasteiger partial charge in [-0.25, -0.2) is 9.37 Å². The van der Waals surface area contributed by atoms with Crippen molar-refractivity contribution in [3.63, 3.8) is 0 Å². The molecule has 1 amide bonds. The maximum absolute atomic E-state index is 13.4. The standard InChI is InChI=1S/C13H14FN3O2/c1-19-11-3-2-9(6-10(11)14)7-13(18)17-8-12-15-4-5-16-12/h2-6H,7-8H2,1H3,(H,15,16)(H,17,18). The summed E-state index contributed by atoms with van der Waals surface area (Å²) >= 11 is 0. The Kier molecular flexibility index (Phi) is 4.12. The third-order valence-electron chi connectivity index (χ3n) is 2.59. The van der Waals surface area contributed by atoms with Gasteiger partial charge in [-0.1, -0.05) is 6.07 Å². The molecule has 0 unspecified atom stereocenters. The van der Waals surface area contributed by atoms with E-state index in [0.29, 0.717) is 17.9 Å². The molecule has 2 rings (SSSR count). The number of amides is 1. The minimum atomic E-state index is -0.473. The fourth-order valence-electron chi connectivity index (χ4n) is 1.64. The molecular formula is C13H14FN3O2. The van der Waals surface area contributed by atoms with Crippen LogP contribution in [0.25, 0.3) is 0 Å². The number of hydrogen-bond acceptors (Lipinski definition) is 3. The van der Waals surface area contributed by atoms with Crippen molar-refractivity contribution in [2.75, 3.05) is 7.11 Å². The van der Waals surface area contributed by atoms with Crippen molar-refractivity contribution in [2.24, 2.45) is 0 Å². The summed E-state index contributed by atoms with van der Waals surface area (Å²) in [6.45, 7) is 0.324. The molecule has 5 nitrogen and oxygen atoms in total. The number of carbonyl (C=O) groups is 1. The SMILES string of the molecule is COc1ccc(CC(=O)NCc2ncc[nH]2)cc1F. The minimum absolute atomic E-state index is 0.113. The number of imidazole rings is 1. The molecule has 19 heavy (non-hydrogen) atoms. The van der Waals surface area contributed by atoms with Crippen LogP contribution in [0.4, 0.5) is 4.39 Å². The van der Waals surface area contributed by atoms with Crippen LogP contribution in [0.15, 0.2) is 30.6 Å². The smallest absolute Gasteiger partial charge is 0.224 e. The predicted octanol–water partition coefficient (Wildman–Crippen LogP) is 1.42. The third-order valence-corrected chi connectivity index (χ3v) is 2.59. The molecule has 100 valence electrons. The van der Waals surface area contributed by atoms with Gasteiger partial charge >= 0.3 is 0 Å². The first-order valence-corrected chi connectivity index (χ1v) is 5.76. The molecule has 0 radical (unpaired) electrons. The largest absolute Gasteiger partial charge is 0.494 e. The number of ether oxygens (including phenoxy) is 1. The van der Waals surface area contributed by atoms with Gasteiger partial charge in [0.05, 0.1) is 20.1 Å². The van der Waals surface area contributed by atoms with E-state index in [9.17, 15) is 9.18 Å². The van der Waals surface area contributed by atoms with Crippen molar-refractivity contribution in [1.29, 1.82) is 0 Å². The van der Waals surface area contributed by atoms with Crippen LogP contribution in [0.3, 0.4) is 0 Å². The average molecular weight is 263 g/mol. The van der Waals surface area contributed by atoms with Crippen molar-refractivity contribution < 1.29 is 13.9 Å². The molecule has 0 aliphatic heterocycles. The maximum atomic E-state index is 13.4. The molecule has 2 aromatic rings. The van der Waals surface area contributed by atoms with Crippen molar-refractivity contribution in [1.82, 2.24) is 15.3 Å². The number of methoxy groups -OCH3 is 1. The van der Waals surface area contributed by atoms with Gasteiger partial charge in [0.15, 0.2) is 11.6 Å². The molecule has 1 aromatic carbocycles. The first-order valence-electron chi connectivity index (χ1n) is 5.76. The fourth-order valence-corrected chi connectivity index (χ4v) is 1.64. The van der Waals surface area contributed by atoms with Crippen LogP contribution in [0.2, 0.25) is 0 Å². The quantitative estimate of drug-likeness (QED) is 0.857. The minimum Gasteiger partial charge on any atom is -0.494 e. The van der Waals surface area contributed by atoms with Crippen LogP contribution in [-0.2, 0) is 17.8 Å². The normalized spacial score (nSPS) is 10.2. The molecule has 1 heterocycles. The van der Waals surface area contributed by atoms with E-state index in [1.807, 2.05) is 0 Å². The Balaban J connectivity index is 1.90. The van der Waals surface area contributed by atoms with E-state index >= 15 is 0 Å².